The predicted molar refractivity (Wildman–Crippen MR) is 90.9 cm³/mol. The molecule has 0 aliphatic carbocycles. The summed E-state index contributed by atoms with van der Waals surface area (Å²) < 4.78 is 7.59. The molecule has 128 valence electrons. The Morgan fingerprint density at radius 3 is 2.79 bits per heavy atom. The van der Waals surface area contributed by atoms with Crippen LogP contribution in [0.15, 0.2) is 30.3 Å². The SMILES string of the molecule is Cc1nc(C)n([C@@H]2CCCN(C(=O)CCOc3ccccc3)C2)n1. The van der Waals surface area contributed by atoms with Crippen LogP contribution in [0.2, 0.25) is 0 Å². The number of ether oxygens (including phenoxy) is 1. The number of piperidine rings is 1. The second-order valence-electron chi connectivity index (χ2n) is 6.20. The van der Waals surface area contributed by atoms with E-state index in [1.165, 1.54) is 0 Å². The van der Waals surface area contributed by atoms with Crippen LogP contribution in [0.1, 0.15) is 37.0 Å². The maximum atomic E-state index is 12.5. The quantitative estimate of drug-likeness (QED) is 0.846. The molecule has 1 aromatic heterocycles. The van der Waals surface area contributed by atoms with Crippen LogP contribution in [0.4, 0.5) is 0 Å². The van der Waals surface area contributed by atoms with Crippen LogP contribution in [0.5, 0.6) is 5.75 Å². The van der Waals surface area contributed by atoms with E-state index in [-0.39, 0.29) is 11.9 Å². The molecule has 1 aliphatic heterocycles. The number of hydrogen-bond donors (Lipinski definition) is 0. The molecule has 24 heavy (non-hydrogen) atoms. The summed E-state index contributed by atoms with van der Waals surface area (Å²) in [4.78, 5) is 18.8. The topological polar surface area (TPSA) is 60.2 Å². The normalized spacial score (nSPS) is 17.8. The Morgan fingerprint density at radius 1 is 1.29 bits per heavy atom. The van der Waals surface area contributed by atoms with Gasteiger partial charge in [-0.25, -0.2) is 9.67 Å². The summed E-state index contributed by atoms with van der Waals surface area (Å²) in [7, 11) is 0. The molecule has 6 heteroatoms. The van der Waals surface area contributed by atoms with Crippen molar-refractivity contribution >= 4 is 5.91 Å². The molecule has 1 fully saturated rings. The number of benzene rings is 1. The minimum Gasteiger partial charge on any atom is -0.493 e. The fourth-order valence-corrected chi connectivity index (χ4v) is 3.19. The number of rotatable bonds is 5. The van der Waals surface area contributed by atoms with Crippen molar-refractivity contribution in [2.45, 2.75) is 39.2 Å². The summed E-state index contributed by atoms with van der Waals surface area (Å²) >= 11 is 0. The van der Waals surface area contributed by atoms with Gasteiger partial charge in [0.05, 0.1) is 19.1 Å². The van der Waals surface area contributed by atoms with Gasteiger partial charge in [0.2, 0.25) is 5.91 Å². The van der Waals surface area contributed by atoms with Gasteiger partial charge < -0.3 is 9.64 Å². The lowest BCUT2D eigenvalue weighted by Gasteiger charge is -2.33. The lowest BCUT2D eigenvalue weighted by molar-refractivity contribution is -0.133. The van der Waals surface area contributed by atoms with Gasteiger partial charge in [-0.05, 0) is 38.8 Å². The van der Waals surface area contributed by atoms with Crippen LogP contribution in [0, 0.1) is 13.8 Å². The van der Waals surface area contributed by atoms with Crippen LogP contribution >= 0.6 is 0 Å². The standard InChI is InChI=1S/C18H24N4O2/c1-14-19-15(2)22(20-14)16-7-6-11-21(13-16)18(23)10-12-24-17-8-4-3-5-9-17/h3-5,8-9,16H,6-7,10-13H2,1-2H3/t16-/m1/s1. The zero-order valence-electron chi connectivity index (χ0n) is 14.3. The van der Waals surface area contributed by atoms with E-state index in [2.05, 4.69) is 10.1 Å². The average molecular weight is 328 g/mol. The molecule has 6 nitrogen and oxygen atoms in total. The summed E-state index contributed by atoms with van der Waals surface area (Å²) in [6.07, 6.45) is 2.43. The van der Waals surface area contributed by atoms with Gasteiger partial charge in [-0.3, -0.25) is 4.79 Å². The summed E-state index contributed by atoms with van der Waals surface area (Å²) in [5.74, 6) is 2.65. The first kappa shape index (κ1) is 16.5. The Morgan fingerprint density at radius 2 is 2.08 bits per heavy atom. The number of hydrogen-bond acceptors (Lipinski definition) is 4. The molecule has 2 aromatic rings. The van der Waals surface area contributed by atoms with Crippen molar-refractivity contribution in [2.24, 2.45) is 0 Å². The predicted octanol–water partition coefficient (Wildman–Crippen LogP) is 2.53. The molecule has 0 spiro atoms. The lowest BCUT2D eigenvalue weighted by Crippen LogP contribution is -2.41. The Balaban J connectivity index is 1.52. The van der Waals surface area contributed by atoms with Gasteiger partial charge in [-0.2, -0.15) is 5.10 Å². The molecular formula is C18H24N4O2. The summed E-state index contributed by atoms with van der Waals surface area (Å²) in [5, 5.41) is 4.47. The van der Waals surface area contributed by atoms with E-state index in [9.17, 15) is 4.79 Å². The van der Waals surface area contributed by atoms with Crippen molar-refractivity contribution < 1.29 is 9.53 Å². The fourth-order valence-electron chi connectivity index (χ4n) is 3.19. The molecule has 1 aliphatic rings. The van der Waals surface area contributed by atoms with E-state index in [0.29, 0.717) is 19.6 Å². The third kappa shape index (κ3) is 3.93. The van der Waals surface area contributed by atoms with Gasteiger partial charge in [0.25, 0.3) is 0 Å². The van der Waals surface area contributed by atoms with Crippen LogP contribution in [0.3, 0.4) is 0 Å². The van der Waals surface area contributed by atoms with Crippen LogP contribution in [-0.2, 0) is 4.79 Å². The van der Waals surface area contributed by atoms with Crippen molar-refractivity contribution in [3.05, 3.63) is 42.0 Å². The Kier molecular flexibility index (Phi) is 5.13. The van der Waals surface area contributed by atoms with Gasteiger partial charge in [-0.1, -0.05) is 18.2 Å². The number of carbonyl (C=O) groups excluding carboxylic acids is 1. The number of aryl methyl sites for hydroxylation is 2. The molecule has 1 atom stereocenters. The molecule has 1 aromatic carbocycles. The minimum absolute atomic E-state index is 0.144. The fraction of sp³-hybridized carbons (Fsp3) is 0.500. The van der Waals surface area contributed by atoms with Crippen LogP contribution in [0.25, 0.3) is 0 Å². The molecule has 1 saturated heterocycles. The average Bonchev–Trinajstić information content (AvgIpc) is 2.94. The highest BCUT2D eigenvalue weighted by Gasteiger charge is 2.26. The summed E-state index contributed by atoms with van der Waals surface area (Å²) in [6.45, 7) is 5.79. The second-order valence-corrected chi connectivity index (χ2v) is 6.20. The highest BCUT2D eigenvalue weighted by molar-refractivity contribution is 5.76. The van der Waals surface area contributed by atoms with Crippen LogP contribution in [-0.4, -0.2) is 45.3 Å². The number of nitrogens with zero attached hydrogens (tertiary/aromatic N) is 4. The monoisotopic (exact) mass is 328 g/mol. The third-order valence-electron chi connectivity index (χ3n) is 4.33. The molecule has 0 unspecified atom stereocenters. The highest BCUT2D eigenvalue weighted by Crippen LogP contribution is 2.22. The first-order valence-corrected chi connectivity index (χ1v) is 8.49. The van der Waals surface area contributed by atoms with Gasteiger partial charge in [-0.15, -0.1) is 0 Å². The summed E-state index contributed by atoms with van der Waals surface area (Å²) in [6, 6.07) is 9.82. The number of para-hydroxylation sites is 1. The van der Waals surface area contributed by atoms with E-state index < -0.39 is 0 Å². The molecule has 2 heterocycles. The Bertz CT molecular complexity index is 684. The van der Waals surface area contributed by atoms with Gasteiger partial charge in [0.1, 0.15) is 17.4 Å². The van der Waals surface area contributed by atoms with Gasteiger partial charge in [0.15, 0.2) is 0 Å². The smallest absolute Gasteiger partial charge is 0.226 e. The Hall–Kier alpha value is -2.37. The van der Waals surface area contributed by atoms with E-state index in [1.807, 2.05) is 53.8 Å². The zero-order valence-corrected chi connectivity index (χ0v) is 14.3. The van der Waals surface area contributed by atoms with E-state index in [1.54, 1.807) is 0 Å². The van der Waals surface area contributed by atoms with Crippen LogP contribution < -0.4 is 4.74 Å². The van der Waals surface area contributed by atoms with Gasteiger partial charge in [0, 0.05) is 13.1 Å². The number of amides is 1. The lowest BCUT2D eigenvalue weighted by atomic mass is 10.1. The minimum atomic E-state index is 0.144. The first-order valence-electron chi connectivity index (χ1n) is 8.49. The molecule has 0 radical (unpaired) electrons. The van der Waals surface area contributed by atoms with Crippen molar-refractivity contribution in [2.75, 3.05) is 19.7 Å². The number of likely N-dealkylation sites (tertiary alicyclic amines) is 1. The van der Waals surface area contributed by atoms with Gasteiger partial charge >= 0.3 is 0 Å². The van der Waals surface area contributed by atoms with E-state index in [0.717, 1.165) is 36.8 Å². The molecule has 3 rings (SSSR count). The largest absolute Gasteiger partial charge is 0.493 e. The molecule has 0 saturated carbocycles. The number of carbonyl (C=O) groups is 1. The number of aromatic nitrogens is 3. The van der Waals surface area contributed by atoms with Crippen molar-refractivity contribution in [1.29, 1.82) is 0 Å². The van der Waals surface area contributed by atoms with Crippen molar-refractivity contribution in [1.82, 2.24) is 19.7 Å². The summed E-state index contributed by atoms with van der Waals surface area (Å²) in [5.41, 5.74) is 0. The maximum absolute atomic E-state index is 12.5. The molecule has 0 bridgehead atoms. The molecule has 0 N–H and O–H groups in total. The molecular weight excluding hydrogens is 304 g/mol. The van der Waals surface area contributed by atoms with Crippen molar-refractivity contribution in [3.8, 4) is 5.75 Å². The first-order chi connectivity index (χ1) is 11.6. The van der Waals surface area contributed by atoms with Crippen molar-refractivity contribution in [3.63, 3.8) is 0 Å². The highest BCUT2D eigenvalue weighted by atomic mass is 16.5. The third-order valence-corrected chi connectivity index (χ3v) is 4.33. The molecule has 1 amide bonds. The van der Waals surface area contributed by atoms with E-state index in [4.69, 9.17) is 4.74 Å². The second kappa shape index (κ2) is 7.47. The van der Waals surface area contributed by atoms with E-state index >= 15 is 0 Å². The maximum Gasteiger partial charge on any atom is 0.226 e. The zero-order chi connectivity index (χ0) is 16.9. The Labute approximate surface area is 142 Å².